The Kier molecular flexibility index (Phi) is 6.44. The lowest BCUT2D eigenvalue weighted by Gasteiger charge is -2.17. The molecule has 35 heavy (non-hydrogen) atoms. The monoisotopic (exact) mass is 504 g/mol. The summed E-state index contributed by atoms with van der Waals surface area (Å²) in [7, 11) is 0. The minimum atomic E-state index is -0.525. The van der Waals surface area contributed by atoms with Crippen molar-refractivity contribution in [2.24, 2.45) is 11.7 Å². The van der Waals surface area contributed by atoms with E-state index in [1.807, 2.05) is 30.3 Å². The molecule has 0 radical (unpaired) electrons. The van der Waals surface area contributed by atoms with Crippen LogP contribution in [0.3, 0.4) is 0 Å². The SMILES string of the molecule is C[C@@H]1CCc2c(sc3nc(SCC(=O)Nc4ccc(C(N)=O)cc4)n(-c4ccccc4)c(=O)c23)C1. The first-order valence-corrected chi connectivity index (χ1v) is 13.2. The van der Waals surface area contributed by atoms with Crippen molar-refractivity contribution in [1.82, 2.24) is 9.55 Å². The van der Waals surface area contributed by atoms with Gasteiger partial charge in [0.05, 0.1) is 16.8 Å². The summed E-state index contributed by atoms with van der Waals surface area (Å²) in [6.45, 7) is 2.24. The second-order valence-electron chi connectivity index (χ2n) is 8.68. The predicted octanol–water partition coefficient (Wildman–Crippen LogP) is 4.40. The van der Waals surface area contributed by atoms with Crippen LogP contribution in [0.1, 0.15) is 34.1 Å². The molecule has 9 heteroatoms. The van der Waals surface area contributed by atoms with E-state index in [9.17, 15) is 14.4 Å². The van der Waals surface area contributed by atoms with Crippen molar-refractivity contribution in [3.05, 3.63) is 81.0 Å². The van der Waals surface area contributed by atoms with Crippen LogP contribution < -0.4 is 16.6 Å². The van der Waals surface area contributed by atoms with Gasteiger partial charge >= 0.3 is 0 Å². The molecule has 2 aromatic carbocycles. The molecule has 0 aliphatic heterocycles. The lowest BCUT2D eigenvalue weighted by atomic mass is 9.89. The van der Waals surface area contributed by atoms with Gasteiger partial charge in [0.1, 0.15) is 4.83 Å². The molecular formula is C26H24N4O3S2. The molecule has 0 bridgehead atoms. The zero-order valence-electron chi connectivity index (χ0n) is 19.1. The fourth-order valence-corrected chi connectivity index (χ4v) is 6.55. The van der Waals surface area contributed by atoms with Gasteiger partial charge in [0, 0.05) is 16.1 Å². The molecule has 1 aliphatic rings. The number of rotatable bonds is 6. The topological polar surface area (TPSA) is 107 Å². The van der Waals surface area contributed by atoms with Crippen molar-refractivity contribution in [1.29, 1.82) is 0 Å². The highest BCUT2D eigenvalue weighted by Crippen LogP contribution is 2.37. The van der Waals surface area contributed by atoms with Crippen molar-refractivity contribution in [3.63, 3.8) is 0 Å². The van der Waals surface area contributed by atoms with Gasteiger partial charge in [0.25, 0.3) is 5.56 Å². The summed E-state index contributed by atoms with van der Waals surface area (Å²) in [4.78, 5) is 44.5. The molecular weight excluding hydrogens is 480 g/mol. The Bertz CT molecular complexity index is 1480. The normalized spacial score (nSPS) is 15.1. The average Bonchev–Trinajstić information content (AvgIpc) is 3.21. The number of anilines is 1. The first-order valence-electron chi connectivity index (χ1n) is 11.4. The van der Waals surface area contributed by atoms with Crippen molar-refractivity contribution in [2.75, 3.05) is 11.1 Å². The number of nitrogens with one attached hydrogen (secondary N) is 1. The van der Waals surface area contributed by atoms with E-state index in [2.05, 4.69) is 12.2 Å². The summed E-state index contributed by atoms with van der Waals surface area (Å²) >= 11 is 2.83. The Morgan fingerprint density at radius 3 is 2.63 bits per heavy atom. The Morgan fingerprint density at radius 1 is 1.17 bits per heavy atom. The first kappa shape index (κ1) is 23.3. The third-order valence-corrected chi connectivity index (χ3v) is 8.19. The number of carbonyl (C=O) groups is 2. The lowest BCUT2D eigenvalue weighted by Crippen LogP contribution is -2.23. The number of benzene rings is 2. The zero-order chi connectivity index (χ0) is 24.5. The number of carbonyl (C=O) groups excluding carboxylic acids is 2. The molecule has 2 heterocycles. The Morgan fingerprint density at radius 2 is 1.91 bits per heavy atom. The zero-order valence-corrected chi connectivity index (χ0v) is 20.7. The van der Waals surface area contributed by atoms with Crippen LogP contribution in [0.25, 0.3) is 15.9 Å². The number of nitrogens with two attached hydrogens (primary N) is 1. The van der Waals surface area contributed by atoms with Gasteiger partial charge in [-0.15, -0.1) is 11.3 Å². The minimum Gasteiger partial charge on any atom is -0.366 e. The van der Waals surface area contributed by atoms with E-state index in [0.29, 0.717) is 27.7 Å². The molecule has 178 valence electrons. The van der Waals surface area contributed by atoms with Crippen LogP contribution >= 0.6 is 23.1 Å². The van der Waals surface area contributed by atoms with Gasteiger partial charge in [0.2, 0.25) is 11.8 Å². The van der Waals surface area contributed by atoms with E-state index in [-0.39, 0.29) is 17.2 Å². The largest absolute Gasteiger partial charge is 0.366 e. The molecule has 0 spiro atoms. The number of hydrogen-bond donors (Lipinski definition) is 2. The van der Waals surface area contributed by atoms with E-state index < -0.39 is 5.91 Å². The molecule has 0 saturated heterocycles. The number of nitrogens with zero attached hydrogens (tertiary/aromatic N) is 2. The quantitative estimate of drug-likeness (QED) is 0.299. The van der Waals surface area contributed by atoms with E-state index in [1.165, 1.54) is 16.6 Å². The fourth-order valence-electron chi connectivity index (χ4n) is 4.32. The van der Waals surface area contributed by atoms with Gasteiger partial charge in [-0.25, -0.2) is 4.98 Å². The molecule has 3 N–H and O–H groups in total. The average molecular weight is 505 g/mol. The number of thioether (sulfide) groups is 1. The van der Waals surface area contributed by atoms with E-state index in [4.69, 9.17) is 10.7 Å². The highest BCUT2D eigenvalue weighted by atomic mass is 32.2. The van der Waals surface area contributed by atoms with Gasteiger partial charge in [-0.1, -0.05) is 36.9 Å². The maximum atomic E-state index is 13.8. The molecule has 4 aromatic rings. The van der Waals surface area contributed by atoms with Crippen LogP contribution in [0.4, 0.5) is 5.69 Å². The predicted molar refractivity (Wildman–Crippen MR) is 141 cm³/mol. The van der Waals surface area contributed by atoms with Gasteiger partial charge < -0.3 is 11.1 Å². The standard InChI is InChI=1S/C26H24N4O3S2/c1-15-7-12-19-20(13-15)35-24-22(19)25(33)30(18-5-3-2-4-6-18)26(29-24)34-14-21(31)28-17-10-8-16(9-11-17)23(27)32/h2-6,8-11,15H,7,12-14H2,1H3,(H2,27,32)(H,28,31)/t15-/m1/s1. The highest BCUT2D eigenvalue weighted by molar-refractivity contribution is 7.99. The van der Waals surface area contributed by atoms with Gasteiger partial charge in [0.15, 0.2) is 5.16 Å². The van der Waals surface area contributed by atoms with Crippen molar-refractivity contribution in [3.8, 4) is 5.69 Å². The van der Waals surface area contributed by atoms with Crippen LogP contribution in [0.2, 0.25) is 0 Å². The number of para-hydroxylation sites is 1. The van der Waals surface area contributed by atoms with Crippen molar-refractivity contribution >= 4 is 50.8 Å². The lowest BCUT2D eigenvalue weighted by molar-refractivity contribution is -0.113. The number of amides is 2. The molecule has 1 atom stereocenters. The Hall–Kier alpha value is -3.43. The highest BCUT2D eigenvalue weighted by Gasteiger charge is 2.25. The summed E-state index contributed by atoms with van der Waals surface area (Å²) in [5, 5.41) is 4.01. The van der Waals surface area contributed by atoms with E-state index in [0.717, 1.165) is 35.3 Å². The van der Waals surface area contributed by atoms with Crippen LogP contribution in [0, 0.1) is 5.92 Å². The molecule has 0 fully saturated rings. The molecule has 7 nitrogen and oxygen atoms in total. The van der Waals surface area contributed by atoms with E-state index in [1.54, 1.807) is 40.2 Å². The summed E-state index contributed by atoms with van der Waals surface area (Å²) in [5.41, 5.74) is 7.97. The number of aryl methyl sites for hydroxylation is 1. The van der Waals surface area contributed by atoms with Gasteiger partial charge in [-0.2, -0.15) is 0 Å². The smallest absolute Gasteiger partial charge is 0.267 e. The molecule has 5 rings (SSSR count). The van der Waals surface area contributed by atoms with E-state index >= 15 is 0 Å². The van der Waals surface area contributed by atoms with Gasteiger partial charge in [-0.05, 0) is 67.1 Å². The van der Waals surface area contributed by atoms with Gasteiger partial charge in [-0.3, -0.25) is 19.0 Å². The molecule has 2 amide bonds. The molecule has 0 unspecified atom stereocenters. The number of thiophene rings is 1. The second kappa shape index (κ2) is 9.67. The van der Waals surface area contributed by atoms with Crippen LogP contribution in [0.15, 0.2) is 64.5 Å². The third-order valence-electron chi connectivity index (χ3n) is 6.10. The summed E-state index contributed by atoms with van der Waals surface area (Å²) in [6.07, 6.45) is 2.94. The maximum absolute atomic E-state index is 13.8. The van der Waals surface area contributed by atoms with Crippen LogP contribution in [-0.4, -0.2) is 27.1 Å². The second-order valence-corrected chi connectivity index (χ2v) is 10.7. The molecule has 2 aromatic heterocycles. The van der Waals surface area contributed by atoms with Crippen molar-refractivity contribution in [2.45, 2.75) is 31.3 Å². The van der Waals surface area contributed by atoms with Crippen LogP contribution in [-0.2, 0) is 17.6 Å². The number of aromatic nitrogens is 2. The summed E-state index contributed by atoms with van der Waals surface area (Å²) in [5.74, 6) is -0.0927. The number of hydrogen-bond acceptors (Lipinski definition) is 6. The summed E-state index contributed by atoms with van der Waals surface area (Å²) in [6, 6.07) is 15.8. The molecule has 0 saturated carbocycles. The van der Waals surface area contributed by atoms with Crippen molar-refractivity contribution < 1.29 is 9.59 Å². The number of fused-ring (bicyclic) bond motifs is 3. The minimum absolute atomic E-state index is 0.0739. The summed E-state index contributed by atoms with van der Waals surface area (Å²) < 4.78 is 1.62. The fraction of sp³-hybridized carbons (Fsp3) is 0.231. The first-order chi connectivity index (χ1) is 16.9. The Balaban J connectivity index is 1.46. The van der Waals surface area contributed by atoms with Crippen LogP contribution in [0.5, 0.6) is 0 Å². The Labute approximate surface area is 210 Å². The number of primary amides is 1. The molecule has 1 aliphatic carbocycles. The third kappa shape index (κ3) is 4.74. The maximum Gasteiger partial charge on any atom is 0.267 e.